The molecule has 0 spiro atoms. The number of hydrogen-bond acceptors (Lipinski definition) is 4. The Kier molecular flexibility index (Phi) is 8.39. The Hall–Kier alpha value is -3.09. The van der Waals surface area contributed by atoms with Crippen molar-refractivity contribution in [3.8, 4) is 11.5 Å². The van der Waals surface area contributed by atoms with Crippen molar-refractivity contribution in [3.63, 3.8) is 0 Å². The van der Waals surface area contributed by atoms with Crippen LogP contribution in [0.2, 0.25) is 0 Å². The lowest BCUT2D eigenvalue weighted by molar-refractivity contribution is 0.0491. The number of benzene rings is 3. The molecule has 0 aliphatic heterocycles. The normalized spacial score (nSPS) is 16.9. The van der Waals surface area contributed by atoms with Gasteiger partial charge in [-0.2, -0.15) is 0 Å². The molecule has 0 bridgehead atoms. The lowest BCUT2D eigenvalue weighted by atomic mass is 9.76. The Morgan fingerprint density at radius 1 is 0.941 bits per heavy atom. The van der Waals surface area contributed by atoms with E-state index in [0.717, 1.165) is 24.8 Å². The number of fused-ring (bicyclic) bond motifs is 1. The van der Waals surface area contributed by atoms with Crippen molar-refractivity contribution in [1.29, 1.82) is 0 Å². The molecule has 3 aromatic rings. The van der Waals surface area contributed by atoms with E-state index >= 15 is 0 Å². The molecular weight excluding hydrogens is 444 g/mol. The summed E-state index contributed by atoms with van der Waals surface area (Å²) in [7, 11) is 3.22. The van der Waals surface area contributed by atoms with Gasteiger partial charge in [-0.3, -0.25) is 0 Å². The van der Waals surface area contributed by atoms with Gasteiger partial charge in [-0.25, -0.2) is 0 Å². The molecule has 0 saturated carbocycles. The Morgan fingerprint density at radius 3 is 2.53 bits per heavy atom. The highest BCUT2D eigenvalue weighted by atomic mass is 32.1. The summed E-state index contributed by atoms with van der Waals surface area (Å²) < 4.78 is 16.0. The summed E-state index contributed by atoms with van der Waals surface area (Å²) in [6, 6.07) is 25.6. The Bertz CT molecular complexity index is 1090. The first-order valence-corrected chi connectivity index (χ1v) is 12.0. The van der Waals surface area contributed by atoms with Gasteiger partial charge in [0.25, 0.3) is 0 Å². The predicted octanol–water partition coefficient (Wildman–Crippen LogP) is 4.98. The van der Waals surface area contributed by atoms with Crippen molar-refractivity contribution in [3.05, 3.63) is 95.1 Å². The fraction of sp³-hybridized carbons (Fsp3) is 0.321. The number of methoxy groups -OCH3 is 2. The van der Waals surface area contributed by atoms with E-state index in [-0.39, 0.29) is 12.8 Å². The summed E-state index contributed by atoms with van der Waals surface area (Å²) in [6.07, 6.45) is 3.09. The van der Waals surface area contributed by atoms with Gasteiger partial charge in [-0.15, -0.1) is 0 Å². The minimum atomic E-state index is 0.177. The highest BCUT2D eigenvalue weighted by molar-refractivity contribution is 7.80. The van der Waals surface area contributed by atoms with Crippen LogP contribution in [0, 0.1) is 0 Å². The van der Waals surface area contributed by atoms with Gasteiger partial charge in [-0.1, -0.05) is 60.7 Å². The fourth-order valence-electron chi connectivity index (χ4n) is 4.61. The van der Waals surface area contributed by atoms with Crippen LogP contribution in [0.25, 0.3) is 0 Å². The van der Waals surface area contributed by atoms with E-state index in [4.69, 9.17) is 26.4 Å². The van der Waals surface area contributed by atoms with E-state index in [1.54, 1.807) is 14.2 Å². The number of rotatable bonds is 9. The second-order valence-electron chi connectivity index (χ2n) is 8.50. The minimum absolute atomic E-state index is 0.177. The maximum atomic E-state index is 5.70. The maximum Gasteiger partial charge on any atom is 0.188 e. The number of hydrogen-bond donors (Lipinski definition) is 2. The molecule has 0 saturated heterocycles. The van der Waals surface area contributed by atoms with Crippen LogP contribution in [0.3, 0.4) is 0 Å². The van der Waals surface area contributed by atoms with Crippen molar-refractivity contribution in [2.75, 3.05) is 21.0 Å². The summed E-state index contributed by atoms with van der Waals surface area (Å²) in [5.41, 5.74) is 5.27. The third-order valence-electron chi connectivity index (χ3n) is 6.29. The molecule has 1 aliphatic carbocycles. The molecule has 0 aromatic heterocycles. The minimum Gasteiger partial charge on any atom is -0.493 e. The van der Waals surface area contributed by atoms with Gasteiger partial charge in [0.15, 0.2) is 23.4 Å². The third-order valence-corrected chi connectivity index (χ3v) is 6.56. The van der Waals surface area contributed by atoms with E-state index in [1.165, 1.54) is 16.7 Å². The summed E-state index contributed by atoms with van der Waals surface area (Å²) in [6.45, 7) is 0.774. The average Bonchev–Trinajstić information content (AvgIpc) is 2.88. The smallest absolute Gasteiger partial charge is 0.188 e. The molecule has 2 N–H and O–H groups in total. The van der Waals surface area contributed by atoms with Crippen molar-refractivity contribution < 1.29 is 14.2 Å². The molecule has 2 atom stereocenters. The van der Waals surface area contributed by atoms with Gasteiger partial charge in [-0.05, 0) is 65.9 Å². The van der Waals surface area contributed by atoms with Gasteiger partial charge >= 0.3 is 0 Å². The van der Waals surface area contributed by atoms with Crippen molar-refractivity contribution >= 4 is 17.3 Å². The van der Waals surface area contributed by atoms with Crippen LogP contribution in [-0.4, -0.2) is 32.2 Å². The van der Waals surface area contributed by atoms with E-state index in [1.807, 2.05) is 18.2 Å². The number of ether oxygens (including phenoxy) is 3. The molecule has 34 heavy (non-hydrogen) atoms. The Balaban J connectivity index is 1.41. The van der Waals surface area contributed by atoms with Crippen LogP contribution in [0.15, 0.2) is 72.8 Å². The van der Waals surface area contributed by atoms with E-state index in [9.17, 15) is 0 Å². The van der Waals surface area contributed by atoms with Gasteiger partial charge in [0.05, 0.1) is 7.11 Å². The van der Waals surface area contributed by atoms with Crippen LogP contribution in [0.4, 0.5) is 0 Å². The molecule has 178 valence electrons. The van der Waals surface area contributed by atoms with E-state index in [0.29, 0.717) is 29.1 Å². The first-order chi connectivity index (χ1) is 16.7. The van der Waals surface area contributed by atoms with E-state index in [2.05, 4.69) is 65.2 Å². The van der Waals surface area contributed by atoms with Crippen LogP contribution < -0.4 is 20.1 Å². The molecule has 4 rings (SSSR count). The van der Waals surface area contributed by atoms with Gasteiger partial charge < -0.3 is 24.8 Å². The summed E-state index contributed by atoms with van der Waals surface area (Å²) in [5, 5.41) is 7.65. The molecule has 2 unspecified atom stereocenters. The summed E-state index contributed by atoms with van der Waals surface area (Å²) >= 11 is 5.70. The van der Waals surface area contributed by atoms with Gasteiger partial charge in [0.1, 0.15) is 0 Å². The van der Waals surface area contributed by atoms with Crippen molar-refractivity contribution in [2.24, 2.45) is 0 Å². The molecule has 6 heteroatoms. The molecule has 5 nitrogen and oxygen atoms in total. The summed E-state index contributed by atoms with van der Waals surface area (Å²) in [4.78, 5) is 0. The maximum absolute atomic E-state index is 5.70. The zero-order valence-corrected chi connectivity index (χ0v) is 20.6. The Labute approximate surface area is 207 Å². The molecule has 0 radical (unpaired) electrons. The fourth-order valence-corrected chi connectivity index (χ4v) is 4.83. The lowest BCUT2D eigenvalue weighted by Crippen LogP contribution is -2.46. The average molecular weight is 477 g/mol. The number of thiocarbonyl (C=S) groups is 1. The highest BCUT2D eigenvalue weighted by Crippen LogP contribution is 2.34. The van der Waals surface area contributed by atoms with Gasteiger partial charge in [0.2, 0.25) is 0 Å². The predicted molar refractivity (Wildman–Crippen MR) is 140 cm³/mol. The van der Waals surface area contributed by atoms with Crippen LogP contribution >= 0.6 is 12.2 Å². The number of nitrogens with one attached hydrogen (secondary N) is 2. The zero-order valence-electron chi connectivity index (χ0n) is 19.8. The molecule has 0 fully saturated rings. The SMILES string of the molecule is COCOc1ccc(CNC(=S)NC2CCc3ccccc3C2Cc2ccccc2)cc1OC. The molecule has 3 aromatic carbocycles. The standard InChI is InChI=1S/C28H32N2O3S/c1-31-19-33-26-15-12-21(17-27(26)32-2)18-29-28(34)30-25-14-13-22-10-6-7-11-23(22)24(25)16-20-8-4-3-5-9-20/h3-12,15,17,24-25H,13-14,16,18-19H2,1-2H3,(H2,29,30,34). The highest BCUT2D eigenvalue weighted by Gasteiger charge is 2.30. The first-order valence-electron chi connectivity index (χ1n) is 11.6. The van der Waals surface area contributed by atoms with Gasteiger partial charge in [0, 0.05) is 25.6 Å². The van der Waals surface area contributed by atoms with Crippen LogP contribution in [-0.2, 0) is 24.1 Å². The zero-order chi connectivity index (χ0) is 23.8. The van der Waals surface area contributed by atoms with E-state index < -0.39 is 0 Å². The largest absolute Gasteiger partial charge is 0.493 e. The lowest BCUT2D eigenvalue weighted by Gasteiger charge is -2.35. The molecule has 0 amide bonds. The molecule has 0 heterocycles. The van der Waals surface area contributed by atoms with Crippen molar-refractivity contribution in [2.45, 2.75) is 37.8 Å². The van der Waals surface area contributed by atoms with Crippen LogP contribution in [0.5, 0.6) is 11.5 Å². The Morgan fingerprint density at radius 2 is 1.74 bits per heavy atom. The quantitative estimate of drug-likeness (QED) is 0.335. The molecule has 1 aliphatic rings. The van der Waals surface area contributed by atoms with Crippen molar-refractivity contribution in [1.82, 2.24) is 10.6 Å². The monoisotopic (exact) mass is 476 g/mol. The summed E-state index contributed by atoms with van der Waals surface area (Å²) in [5.74, 6) is 1.69. The molecular formula is C28H32N2O3S. The topological polar surface area (TPSA) is 51.8 Å². The second kappa shape index (κ2) is 11.9. The third kappa shape index (κ3) is 6.07. The first kappa shape index (κ1) is 24.0. The second-order valence-corrected chi connectivity index (χ2v) is 8.91. The van der Waals surface area contributed by atoms with Crippen LogP contribution in [0.1, 0.15) is 34.6 Å². The number of aryl methyl sites for hydroxylation is 1.